The van der Waals surface area contributed by atoms with Gasteiger partial charge in [-0.3, -0.25) is 4.90 Å². The first kappa shape index (κ1) is 16.1. The zero-order valence-electron chi connectivity index (χ0n) is 11.9. The number of hydrogen-bond donors (Lipinski definition) is 0. The van der Waals surface area contributed by atoms with Crippen LogP contribution in [0.4, 0.5) is 0 Å². The van der Waals surface area contributed by atoms with E-state index >= 15 is 0 Å². The number of rotatable bonds is 4. The summed E-state index contributed by atoms with van der Waals surface area (Å²) in [5.41, 5.74) is 0. The van der Waals surface area contributed by atoms with Crippen LogP contribution < -0.4 is 0 Å². The van der Waals surface area contributed by atoms with Crippen LogP contribution >= 0.6 is 27.3 Å². The van der Waals surface area contributed by atoms with Crippen molar-refractivity contribution >= 4 is 37.3 Å². The number of piperazine rings is 1. The standard InChI is InChI=1S/C12H15BrN4O3S2/c1-9-14-11(20-15-9)8-16-4-6-17(7-5-16)22(18,19)12-3-2-10(13)21-12/h2-3H,4-8H2,1H3. The van der Waals surface area contributed by atoms with Crippen LogP contribution in [0.1, 0.15) is 11.7 Å². The number of thiophene rings is 1. The second-order valence-corrected chi connectivity index (χ2v) is 9.60. The summed E-state index contributed by atoms with van der Waals surface area (Å²) in [7, 11) is -3.39. The molecular weight excluding hydrogens is 392 g/mol. The van der Waals surface area contributed by atoms with Gasteiger partial charge in [-0.15, -0.1) is 11.3 Å². The summed E-state index contributed by atoms with van der Waals surface area (Å²) >= 11 is 4.54. The molecular formula is C12H15BrN4O3S2. The van der Waals surface area contributed by atoms with Crippen molar-refractivity contribution in [2.75, 3.05) is 26.2 Å². The van der Waals surface area contributed by atoms with Gasteiger partial charge in [-0.2, -0.15) is 9.29 Å². The fourth-order valence-electron chi connectivity index (χ4n) is 2.29. The second-order valence-electron chi connectivity index (χ2n) is 4.97. The molecule has 0 aliphatic carbocycles. The Bertz CT molecular complexity index is 750. The lowest BCUT2D eigenvalue weighted by Crippen LogP contribution is -2.48. The summed E-state index contributed by atoms with van der Waals surface area (Å²) in [6, 6.07) is 3.39. The minimum atomic E-state index is -3.39. The maximum atomic E-state index is 12.5. The van der Waals surface area contributed by atoms with Crippen LogP contribution in [-0.4, -0.2) is 53.9 Å². The molecule has 0 unspecified atom stereocenters. The largest absolute Gasteiger partial charge is 0.338 e. The molecule has 0 aromatic carbocycles. The number of halogens is 1. The molecule has 0 amide bonds. The van der Waals surface area contributed by atoms with E-state index in [4.69, 9.17) is 4.52 Å². The highest BCUT2D eigenvalue weighted by Crippen LogP contribution is 2.29. The Hall–Kier alpha value is -0.810. The molecule has 0 saturated carbocycles. The van der Waals surface area contributed by atoms with Gasteiger partial charge < -0.3 is 4.52 Å². The molecule has 120 valence electrons. The minimum Gasteiger partial charge on any atom is -0.338 e. The van der Waals surface area contributed by atoms with Crippen LogP contribution in [0.3, 0.4) is 0 Å². The topological polar surface area (TPSA) is 79.5 Å². The SMILES string of the molecule is Cc1noc(CN2CCN(S(=O)(=O)c3ccc(Br)s3)CC2)n1. The van der Waals surface area contributed by atoms with Crippen molar-refractivity contribution in [1.82, 2.24) is 19.3 Å². The molecule has 22 heavy (non-hydrogen) atoms. The number of aryl methyl sites for hydroxylation is 1. The normalized spacial score (nSPS) is 17.9. The highest BCUT2D eigenvalue weighted by molar-refractivity contribution is 9.11. The molecule has 0 N–H and O–H groups in total. The van der Waals surface area contributed by atoms with E-state index in [1.54, 1.807) is 19.1 Å². The average molecular weight is 407 g/mol. The molecule has 10 heteroatoms. The van der Waals surface area contributed by atoms with Crippen molar-refractivity contribution in [1.29, 1.82) is 0 Å². The van der Waals surface area contributed by atoms with Crippen molar-refractivity contribution in [2.24, 2.45) is 0 Å². The molecule has 3 heterocycles. The van der Waals surface area contributed by atoms with Crippen LogP contribution in [-0.2, 0) is 16.6 Å². The predicted octanol–water partition coefficient (Wildman–Crippen LogP) is 1.71. The Kier molecular flexibility index (Phi) is 4.64. The van der Waals surface area contributed by atoms with Crippen molar-refractivity contribution in [2.45, 2.75) is 17.7 Å². The third-order valence-corrected chi connectivity index (χ3v) is 7.39. The molecule has 2 aromatic heterocycles. The fourth-order valence-corrected chi connectivity index (χ4v) is 5.87. The quantitative estimate of drug-likeness (QED) is 0.768. The Labute approximate surface area is 141 Å². The Morgan fingerprint density at radius 3 is 2.59 bits per heavy atom. The Morgan fingerprint density at radius 1 is 1.32 bits per heavy atom. The van der Waals surface area contributed by atoms with Crippen LogP contribution in [0.2, 0.25) is 0 Å². The minimum absolute atomic E-state index is 0.375. The van der Waals surface area contributed by atoms with Crippen LogP contribution in [0.15, 0.2) is 24.7 Å². The molecule has 7 nitrogen and oxygen atoms in total. The van der Waals surface area contributed by atoms with Gasteiger partial charge in [0.05, 0.1) is 10.3 Å². The summed E-state index contributed by atoms with van der Waals surface area (Å²) in [4.78, 5) is 6.28. The van der Waals surface area contributed by atoms with Gasteiger partial charge >= 0.3 is 0 Å². The summed E-state index contributed by atoms with van der Waals surface area (Å²) in [5, 5.41) is 3.76. The molecule has 1 aliphatic rings. The molecule has 0 atom stereocenters. The smallest absolute Gasteiger partial charge is 0.252 e. The molecule has 2 aromatic rings. The summed E-state index contributed by atoms with van der Waals surface area (Å²) in [5.74, 6) is 1.18. The Morgan fingerprint density at radius 2 is 2.05 bits per heavy atom. The van der Waals surface area contributed by atoms with Crippen molar-refractivity contribution in [3.05, 3.63) is 27.6 Å². The van der Waals surface area contributed by atoms with Gasteiger partial charge in [0.25, 0.3) is 10.0 Å². The summed E-state index contributed by atoms with van der Waals surface area (Å²) in [6.07, 6.45) is 0. The molecule has 1 aliphatic heterocycles. The maximum absolute atomic E-state index is 12.5. The van der Waals surface area contributed by atoms with Gasteiger partial charge in [0, 0.05) is 26.2 Å². The molecule has 1 saturated heterocycles. The summed E-state index contributed by atoms with van der Waals surface area (Å²) < 4.78 is 32.9. The van der Waals surface area contributed by atoms with Gasteiger partial charge in [-0.25, -0.2) is 8.42 Å². The highest BCUT2D eigenvalue weighted by atomic mass is 79.9. The molecule has 0 radical (unpaired) electrons. The van der Waals surface area contributed by atoms with Gasteiger partial charge in [0.1, 0.15) is 4.21 Å². The zero-order chi connectivity index (χ0) is 15.7. The van der Waals surface area contributed by atoms with Gasteiger partial charge in [-0.1, -0.05) is 5.16 Å². The third-order valence-electron chi connectivity index (χ3n) is 3.40. The first-order valence-electron chi connectivity index (χ1n) is 6.72. The molecule has 3 rings (SSSR count). The van der Waals surface area contributed by atoms with E-state index < -0.39 is 10.0 Å². The Balaban J connectivity index is 1.61. The number of hydrogen-bond acceptors (Lipinski definition) is 7. The fraction of sp³-hybridized carbons (Fsp3) is 0.500. The second kappa shape index (κ2) is 6.36. The number of sulfonamides is 1. The first-order valence-corrected chi connectivity index (χ1v) is 9.77. The highest BCUT2D eigenvalue weighted by Gasteiger charge is 2.30. The van der Waals surface area contributed by atoms with Gasteiger partial charge in [0.2, 0.25) is 5.89 Å². The van der Waals surface area contributed by atoms with E-state index in [-0.39, 0.29) is 0 Å². The van der Waals surface area contributed by atoms with Crippen LogP contribution in [0.5, 0.6) is 0 Å². The van der Waals surface area contributed by atoms with E-state index in [1.807, 2.05) is 0 Å². The lowest BCUT2D eigenvalue weighted by molar-refractivity contribution is 0.163. The van der Waals surface area contributed by atoms with E-state index in [2.05, 4.69) is 31.0 Å². The summed E-state index contributed by atoms with van der Waals surface area (Å²) in [6.45, 7) is 4.55. The third kappa shape index (κ3) is 3.40. The van der Waals surface area contributed by atoms with Crippen LogP contribution in [0.25, 0.3) is 0 Å². The van der Waals surface area contributed by atoms with Crippen LogP contribution in [0, 0.1) is 6.92 Å². The molecule has 0 bridgehead atoms. The maximum Gasteiger partial charge on any atom is 0.252 e. The van der Waals surface area contributed by atoms with Crippen molar-refractivity contribution in [3.63, 3.8) is 0 Å². The van der Waals surface area contributed by atoms with E-state index in [0.717, 1.165) is 3.79 Å². The van der Waals surface area contributed by atoms with Gasteiger partial charge in [-0.05, 0) is 35.0 Å². The number of aromatic nitrogens is 2. The zero-order valence-corrected chi connectivity index (χ0v) is 15.1. The van der Waals surface area contributed by atoms with E-state index in [0.29, 0.717) is 48.6 Å². The van der Waals surface area contributed by atoms with Gasteiger partial charge in [0.15, 0.2) is 5.82 Å². The molecule has 1 fully saturated rings. The van der Waals surface area contributed by atoms with E-state index in [9.17, 15) is 8.42 Å². The average Bonchev–Trinajstić information content (AvgIpc) is 3.09. The molecule has 0 spiro atoms. The lowest BCUT2D eigenvalue weighted by Gasteiger charge is -2.32. The monoisotopic (exact) mass is 406 g/mol. The predicted molar refractivity (Wildman–Crippen MR) is 85.1 cm³/mol. The van der Waals surface area contributed by atoms with Crippen molar-refractivity contribution < 1.29 is 12.9 Å². The number of nitrogens with zero attached hydrogens (tertiary/aromatic N) is 4. The first-order chi connectivity index (χ1) is 10.4. The van der Waals surface area contributed by atoms with E-state index in [1.165, 1.54) is 15.6 Å². The lowest BCUT2D eigenvalue weighted by atomic mass is 10.3. The van der Waals surface area contributed by atoms with Crippen molar-refractivity contribution in [3.8, 4) is 0 Å².